The lowest BCUT2D eigenvalue weighted by molar-refractivity contribution is -0.131. The standard InChI is InChI=1S/C13H23NO3S/c1-11-5-3-4-7-13(2,8-6-11)12(15)14-9-10-18(16)17/h3,5,11H,4,6-10H2,1-2H3,(H,14,15)(H,16,17)/b5-3+. The normalized spacial score (nSPS) is 32.1. The Morgan fingerprint density at radius 1 is 1.56 bits per heavy atom. The summed E-state index contributed by atoms with van der Waals surface area (Å²) >= 11 is -1.84. The van der Waals surface area contributed by atoms with Gasteiger partial charge in [-0.1, -0.05) is 26.0 Å². The maximum atomic E-state index is 12.2. The second-order valence-corrected chi connectivity index (χ2v) is 6.38. The second kappa shape index (κ2) is 7.04. The number of amides is 1. The van der Waals surface area contributed by atoms with Gasteiger partial charge < -0.3 is 9.87 Å². The molecule has 104 valence electrons. The van der Waals surface area contributed by atoms with Gasteiger partial charge in [0.15, 0.2) is 11.1 Å². The average molecular weight is 273 g/mol. The Labute approximate surface area is 112 Å². The van der Waals surface area contributed by atoms with Crippen molar-refractivity contribution in [3.8, 4) is 0 Å². The molecule has 0 heterocycles. The highest BCUT2D eigenvalue weighted by atomic mass is 32.2. The molecule has 5 heteroatoms. The first-order valence-electron chi connectivity index (χ1n) is 6.46. The molecule has 18 heavy (non-hydrogen) atoms. The minimum Gasteiger partial charge on any atom is -0.355 e. The van der Waals surface area contributed by atoms with Crippen LogP contribution in [0.15, 0.2) is 12.2 Å². The second-order valence-electron chi connectivity index (χ2n) is 5.32. The van der Waals surface area contributed by atoms with Gasteiger partial charge in [-0.3, -0.25) is 4.79 Å². The summed E-state index contributed by atoms with van der Waals surface area (Å²) < 4.78 is 19.2. The van der Waals surface area contributed by atoms with Gasteiger partial charge in [-0.05, 0) is 31.6 Å². The molecule has 2 N–H and O–H groups in total. The molecular weight excluding hydrogens is 250 g/mol. The fourth-order valence-corrected chi connectivity index (χ4v) is 2.47. The van der Waals surface area contributed by atoms with E-state index < -0.39 is 11.1 Å². The van der Waals surface area contributed by atoms with Crippen LogP contribution in [0.4, 0.5) is 0 Å². The lowest BCUT2D eigenvalue weighted by Gasteiger charge is -2.30. The Morgan fingerprint density at radius 3 is 2.94 bits per heavy atom. The summed E-state index contributed by atoms with van der Waals surface area (Å²) in [5.41, 5.74) is -0.351. The highest BCUT2D eigenvalue weighted by Crippen LogP contribution is 2.33. The van der Waals surface area contributed by atoms with E-state index in [1.807, 2.05) is 6.92 Å². The van der Waals surface area contributed by atoms with Crippen molar-refractivity contribution in [1.29, 1.82) is 0 Å². The Bertz CT molecular complexity index is 343. The topological polar surface area (TPSA) is 66.4 Å². The van der Waals surface area contributed by atoms with Crippen molar-refractivity contribution < 1.29 is 13.6 Å². The number of rotatable bonds is 4. The quantitative estimate of drug-likeness (QED) is 0.609. The molecule has 0 aromatic rings. The number of carbonyl (C=O) groups excluding carboxylic acids is 1. The highest BCUT2D eigenvalue weighted by Gasteiger charge is 2.32. The summed E-state index contributed by atoms with van der Waals surface area (Å²) in [4.78, 5) is 12.2. The molecule has 0 saturated carbocycles. The summed E-state index contributed by atoms with van der Waals surface area (Å²) in [5, 5.41) is 2.77. The highest BCUT2D eigenvalue weighted by molar-refractivity contribution is 7.79. The van der Waals surface area contributed by atoms with E-state index in [-0.39, 0.29) is 23.6 Å². The Hall–Kier alpha value is -0.680. The van der Waals surface area contributed by atoms with Crippen LogP contribution in [0, 0.1) is 11.3 Å². The van der Waals surface area contributed by atoms with Crippen molar-refractivity contribution in [2.75, 3.05) is 12.3 Å². The summed E-state index contributed by atoms with van der Waals surface area (Å²) in [7, 11) is 0. The first kappa shape index (κ1) is 15.4. The van der Waals surface area contributed by atoms with Crippen LogP contribution in [-0.4, -0.2) is 27.0 Å². The Kier molecular flexibility index (Phi) is 6.02. The van der Waals surface area contributed by atoms with E-state index in [4.69, 9.17) is 4.55 Å². The zero-order valence-corrected chi connectivity index (χ0v) is 12.0. The van der Waals surface area contributed by atoms with Crippen LogP contribution < -0.4 is 5.32 Å². The molecule has 0 bridgehead atoms. The maximum absolute atomic E-state index is 12.2. The van der Waals surface area contributed by atoms with Crippen molar-refractivity contribution in [3.63, 3.8) is 0 Å². The molecule has 4 nitrogen and oxygen atoms in total. The summed E-state index contributed by atoms with van der Waals surface area (Å²) in [6.45, 7) is 4.42. The number of allylic oxidation sites excluding steroid dienone is 2. The molecular formula is C13H23NO3S. The first-order valence-corrected chi connectivity index (χ1v) is 7.74. The predicted octanol–water partition coefficient (Wildman–Crippen LogP) is 2.10. The molecule has 1 rings (SSSR count). The molecule has 1 aliphatic rings. The molecule has 1 amide bonds. The average Bonchev–Trinajstić information content (AvgIpc) is 2.29. The van der Waals surface area contributed by atoms with Crippen LogP contribution in [0.3, 0.4) is 0 Å². The summed E-state index contributed by atoms with van der Waals surface area (Å²) in [6.07, 6.45) is 7.99. The number of hydrogen-bond donors (Lipinski definition) is 2. The van der Waals surface area contributed by atoms with Crippen molar-refractivity contribution >= 4 is 17.0 Å². The Balaban J connectivity index is 2.52. The largest absolute Gasteiger partial charge is 0.355 e. The molecule has 0 aliphatic heterocycles. The lowest BCUT2D eigenvalue weighted by Crippen LogP contribution is -2.41. The molecule has 0 aromatic heterocycles. The maximum Gasteiger partial charge on any atom is 0.225 e. The molecule has 0 spiro atoms. The molecule has 0 radical (unpaired) electrons. The molecule has 3 atom stereocenters. The van der Waals surface area contributed by atoms with Crippen LogP contribution in [-0.2, 0) is 15.9 Å². The van der Waals surface area contributed by atoms with E-state index in [0.29, 0.717) is 5.92 Å². The lowest BCUT2D eigenvalue weighted by atomic mass is 9.77. The van der Waals surface area contributed by atoms with Gasteiger partial charge in [0.1, 0.15) is 0 Å². The third kappa shape index (κ3) is 4.90. The van der Waals surface area contributed by atoms with E-state index in [0.717, 1.165) is 25.7 Å². The minimum atomic E-state index is -1.84. The zero-order chi connectivity index (χ0) is 13.6. The third-order valence-electron chi connectivity index (χ3n) is 3.59. The zero-order valence-electron chi connectivity index (χ0n) is 11.1. The van der Waals surface area contributed by atoms with E-state index in [1.54, 1.807) is 0 Å². The summed E-state index contributed by atoms with van der Waals surface area (Å²) in [5.74, 6) is 0.621. The van der Waals surface area contributed by atoms with Gasteiger partial charge >= 0.3 is 0 Å². The fourth-order valence-electron chi connectivity index (χ4n) is 2.19. The monoisotopic (exact) mass is 273 g/mol. The van der Waals surface area contributed by atoms with Gasteiger partial charge in [0.25, 0.3) is 0 Å². The van der Waals surface area contributed by atoms with Gasteiger partial charge in [-0.2, -0.15) is 0 Å². The van der Waals surface area contributed by atoms with Gasteiger partial charge in [-0.15, -0.1) is 0 Å². The first-order chi connectivity index (χ1) is 8.44. The van der Waals surface area contributed by atoms with Gasteiger partial charge in [0.05, 0.1) is 5.75 Å². The smallest absolute Gasteiger partial charge is 0.225 e. The number of hydrogen-bond acceptors (Lipinski definition) is 2. The third-order valence-corrected chi connectivity index (χ3v) is 4.14. The molecule has 0 saturated heterocycles. The van der Waals surface area contributed by atoms with Crippen LogP contribution in [0.25, 0.3) is 0 Å². The van der Waals surface area contributed by atoms with E-state index in [2.05, 4.69) is 24.4 Å². The minimum absolute atomic E-state index is 0.00968. The van der Waals surface area contributed by atoms with Crippen LogP contribution in [0.1, 0.15) is 39.5 Å². The van der Waals surface area contributed by atoms with Crippen molar-refractivity contribution in [2.24, 2.45) is 11.3 Å². The van der Waals surface area contributed by atoms with Crippen molar-refractivity contribution in [3.05, 3.63) is 12.2 Å². The number of nitrogens with one attached hydrogen (secondary N) is 1. The van der Waals surface area contributed by atoms with Crippen molar-refractivity contribution in [2.45, 2.75) is 39.5 Å². The molecule has 3 unspecified atom stereocenters. The summed E-state index contributed by atoms with van der Waals surface area (Å²) in [6, 6.07) is 0. The van der Waals surface area contributed by atoms with Crippen LogP contribution >= 0.6 is 0 Å². The van der Waals surface area contributed by atoms with E-state index in [1.165, 1.54) is 0 Å². The molecule has 1 aliphatic carbocycles. The Morgan fingerprint density at radius 2 is 2.28 bits per heavy atom. The van der Waals surface area contributed by atoms with E-state index in [9.17, 15) is 9.00 Å². The number of carbonyl (C=O) groups is 1. The van der Waals surface area contributed by atoms with Gasteiger partial charge in [-0.25, -0.2) is 4.21 Å². The fraction of sp³-hybridized carbons (Fsp3) is 0.769. The van der Waals surface area contributed by atoms with Crippen LogP contribution in [0.5, 0.6) is 0 Å². The van der Waals surface area contributed by atoms with Gasteiger partial charge in [0, 0.05) is 12.0 Å². The van der Waals surface area contributed by atoms with Crippen molar-refractivity contribution in [1.82, 2.24) is 5.32 Å². The van der Waals surface area contributed by atoms with E-state index >= 15 is 0 Å². The van der Waals surface area contributed by atoms with Crippen LogP contribution in [0.2, 0.25) is 0 Å². The SMILES string of the molecule is CC1/C=C/CCC(C)(C(=O)NCCS(=O)O)CC1. The predicted molar refractivity (Wildman–Crippen MR) is 73.5 cm³/mol. The molecule has 0 aromatic carbocycles. The molecule has 0 fully saturated rings. The van der Waals surface area contributed by atoms with Gasteiger partial charge in [0.2, 0.25) is 5.91 Å².